The summed E-state index contributed by atoms with van der Waals surface area (Å²) in [5.41, 5.74) is 2.89. The summed E-state index contributed by atoms with van der Waals surface area (Å²) in [6.45, 7) is 2.92. The second-order valence-electron chi connectivity index (χ2n) is 4.97. The number of aromatic amines is 1. The van der Waals surface area contributed by atoms with Crippen LogP contribution >= 0.6 is 11.6 Å². The van der Waals surface area contributed by atoms with Gasteiger partial charge in [-0.1, -0.05) is 24.9 Å². The van der Waals surface area contributed by atoms with E-state index in [1.807, 2.05) is 42.5 Å². The number of unbranched alkanes of at least 4 members (excludes halogenated alkanes) is 1. The summed E-state index contributed by atoms with van der Waals surface area (Å²) >= 11 is 5.99. The molecule has 3 nitrogen and oxygen atoms in total. The van der Waals surface area contributed by atoms with Gasteiger partial charge >= 0.3 is 0 Å². The summed E-state index contributed by atoms with van der Waals surface area (Å²) < 4.78 is 5.66. The van der Waals surface area contributed by atoms with Gasteiger partial charge in [-0.2, -0.15) is 0 Å². The second-order valence-corrected chi connectivity index (χ2v) is 5.41. The molecular weight excluding hydrogens is 284 g/mol. The third-order valence-corrected chi connectivity index (χ3v) is 3.57. The molecule has 0 radical (unpaired) electrons. The van der Waals surface area contributed by atoms with Crippen molar-refractivity contribution in [1.29, 1.82) is 0 Å². The molecule has 0 amide bonds. The van der Waals surface area contributed by atoms with Gasteiger partial charge in [0.2, 0.25) is 0 Å². The molecule has 0 saturated carbocycles. The van der Waals surface area contributed by atoms with Crippen LogP contribution < -0.4 is 4.74 Å². The number of ether oxygens (including phenoxy) is 1. The van der Waals surface area contributed by atoms with E-state index in [0.717, 1.165) is 47.6 Å². The fourth-order valence-corrected chi connectivity index (χ4v) is 2.33. The van der Waals surface area contributed by atoms with Crippen LogP contribution in [0.25, 0.3) is 22.4 Å². The number of nitrogens with one attached hydrogen (secondary N) is 1. The number of rotatable bonds is 5. The molecular formula is C17H17ClN2O. The van der Waals surface area contributed by atoms with E-state index in [9.17, 15) is 0 Å². The third kappa shape index (κ3) is 3.19. The van der Waals surface area contributed by atoms with Crippen LogP contribution in [-0.4, -0.2) is 16.6 Å². The first-order chi connectivity index (χ1) is 10.3. The van der Waals surface area contributed by atoms with E-state index >= 15 is 0 Å². The third-order valence-electron chi connectivity index (χ3n) is 3.34. The number of imidazole rings is 1. The Hall–Kier alpha value is -2.00. The van der Waals surface area contributed by atoms with Crippen LogP contribution in [0, 0.1) is 0 Å². The molecule has 108 valence electrons. The number of H-pyrrole nitrogens is 1. The molecule has 0 bridgehead atoms. The monoisotopic (exact) mass is 300 g/mol. The van der Waals surface area contributed by atoms with Crippen molar-refractivity contribution in [2.24, 2.45) is 0 Å². The quantitative estimate of drug-likeness (QED) is 0.669. The maximum absolute atomic E-state index is 5.99. The zero-order chi connectivity index (χ0) is 14.7. The standard InChI is InChI=1S/C17H17ClN2O/c1-2-3-10-21-14-7-4-12(5-8-14)17-19-15-9-6-13(18)11-16(15)20-17/h4-9,11H,2-3,10H2,1H3,(H,19,20). The molecule has 0 aliphatic heterocycles. The molecule has 21 heavy (non-hydrogen) atoms. The van der Waals surface area contributed by atoms with Crippen molar-refractivity contribution in [3.8, 4) is 17.1 Å². The zero-order valence-corrected chi connectivity index (χ0v) is 12.7. The van der Waals surface area contributed by atoms with Crippen LogP contribution in [0.1, 0.15) is 19.8 Å². The van der Waals surface area contributed by atoms with E-state index < -0.39 is 0 Å². The first-order valence-electron chi connectivity index (χ1n) is 7.15. The molecule has 0 unspecified atom stereocenters. The van der Waals surface area contributed by atoms with Crippen molar-refractivity contribution in [3.63, 3.8) is 0 Å². The van der Waals surface area contributed by atoms with Crippen LogP contribution in [0.4, 0.5) is 0 Å². The first kappa shape index (κ1) is 14.0. The minimum absolute atomic E-state index is 0.706. The molecule has 1 aromatic heterocycles. The van der Waals surface area contributed by atoms with Crippen molar-refractivity contribution in [3.05, 3.63) is 47.5 Å². The van der Waals surface area contributed by atoms with Crippen LogP contribution in [-0.2, 0) is 0 Å². The highest BCUT2D eigenvalue weighted by Gasteiger charge is 2.06. The Balaban J connectivity index is 1.81. The van der Waals surface area contributed by atoms with Crippen LogP contribution in [0.3, 0.4) is 0 Å². The SMILES string of the molecule is CCCCOc1ccc(-c2nc3ccc(Cl)cc3[nH]2)cc1. The first-order valence-corrected chi connectivity index (χ1v) is 7.52. The topological polar surface area (TPSA) is 37.9 Å². The van der Waals surface area contributed by atoms with Gasteiger partial charge in [-0.15, -0.1) is 0 Å². The van der Waals surface area contributed by atoms with Gasteiger partial charge in [0.25, 0.3) is 0 Å². The minimum Gasteiger partial charge on any atom is -0.494 e. The van der Waals surface area contributed by atoms with Gasteiger partial charge in [-0.05, 0) is 48.9 Å². The number of hydrogen-bond acceptors (Lipinski definition) is 2. The Morgan fingerprint density at radius 2 is 1.95 bits per heavy atom. The molecule has 0 atom stereocenters. The Bertz CT molecular complexity index is 734. The normalized spacial score (nSPS) is 11.0. The van der Waals surface area contributed by atoms with E-state index in [2.05, 4.69) is 16.9 Å². The van der Waals surface area contributed by atoms with Gasteiger partial charge in [0, 0.05) is 10.6 Å². The molecule has 1 heterocycles. The van der Waals surface area contributed by atoms with Crippen LogP contribution in [0.5, 0.6) is 5.75 Å². The van der Waals surface area contributed by atoms with Crippen molar-refractivity contribution in [1.82, 2.24) is 9.97 Å². The van der Waals surface area contributed by atoms with Crippen molar-refractivity contribution in [2.45, 2.75) is 19.8 Å². The lowest BCUT2D eigenvalue weighted by molar-refractivity contribution is 0.309. The van der Waals surface area contributed by atoms with Crippen molar-refractivity contribution in [2.75, 3.05) is 6.61 Å². The van der Waals surface area contributed by atoms with Crippen LogP contribution in [0.15, 0.2) is 42.5 Å². The predicted octanol–water partition coefficient (Wildman–Crippen LogP) is 5.06. The number of aromatic nitrogens is 2. The van der Waals surface area contributed by atoms with Gasteiger partial charge in [-0.3, -0.25) is 0 Å². The molecule has 4 heteroatoms. The average Bonchev–Trinajstić information content (AvgIpc) is 2.91. The molecule has 0 aliphatic rings. The second kappa shape index (κ2) is 6.19. The number of hydrogen-bond donors (Lipinski definition) is 1. The molecule has 0 saturated heterocycles. The summed E-state index contributed by atoms with van der Waals surface area (Å²) in [6.07, 6.45) is 2.21. The van der Waals surface area contributed by atoms with Crippen molar-refractivity contribution < 1.29 is 4.74 Å². The van der Waals surface area contributed by atoms with Gasteiger partial charge in [0.15, 0.2) is 0 Å². The predicted molar refractivity (Wildman–Crippen MR) is 86.9 cm³/mol. The Morgan fingerprint density at radius 3 is 2.71 bits per heavy atom. The number of benzene rings is 2. The zero-order valence-electron chi connectivity index (χ0n) is 11.9. The highest BCUT2D eigenvalue weighted by atomic mass is 35.5. The molecule has 3 aromatic rings. The summed E-state index contributed by atoms with van der Waals surface area (Å²) in [4.78, 5) is 7.86. The van der Waals surface area contributed by atoms with E-state index in [1.54, 1.807) is 0 Å². The summed E-state index contributed by atoms with van der Waals surface area (Å²) in [5, 5.41) is 0.706. The molecule has 0 aliphatic carbocycles. The van der Waals surface area contributed by atoms with Gasteiger partial charge in [-0.25, -0.2) is 4.98 Å². The summed E-state index contributed by atoms with van der Waals surface area (Å²) in [6, 6.07) is 13.6. The lowest BCUT2D eigenvalue weighted by Gasteiger charge is -2.05. The fourth-order valence-electron chi connectivity index (χ4n) is 2.16. The molecule has 0 fully saturated rings. The summed E-state index contributed by atoms with van der Waals surface area (Å²) in [5.74, 6) is 1.73. The number of fused-ring (bicyclic) bond motifs is 1. The molecule has 2 aromatic carbocycles. The average molecular weight is 301 g/mol. The Labute approximate surface area is 128 Å². The molecule has 3 rings (SSSR count). The lowest BCUT2D eigenvalue weighted by Crippen LogP contribution is -1.96. The Kier molecular flexibility index (Phi) is 4.11. The summed E-state index contributed by atoms with van der Waals surface area (Å²) in [7, 11) is 0. The highest BCUT2D eigenvalue weighted by molar-refractivity contribution is 6.31. The number of halogens is 1. The van der Waals surface area contributed by atoms with Gasteiger partial charge in [0.1, 0.15) is 11.6 Å². The van der Waals surface area contributed by atoms with Crippen molar-refractivity contribution >= 4 is 22.6 Å². The molecule has 1 N–H and O–H groups in total. The van der Waals surface area contributed by atoms with E-state index in [0.29, 0.717) is 5.02 Å². The Morgan fingerprint density at radius 1 is 1.14 bits per heavy atom. The maximum atomic E-state index is 5.99. The minimum atomic E-state index is 0.706. The van der Waals surface area contributed by atoms with Crippen LogP contribution in [0.2, 0.25) is 5.02 Å². The van der Waals surface area contributed by atoms with Gasteiger partial charge in [0.05, 0.1) is 17.6 Å². The van der Waals surface area contributed by atoms with E-state index in [-0.39, 0.29) is 0 Å². The number of nitrogens with zero attached hydrogens (tertiary/aromatic N) is 1. The van der Waals surface area contributed by atoms with E-state index in [1.165, 1.54) is 0 Å². The lowest BCUT2D eigenvalue weighted by atomic mass is 10.2. The smallest absolute Gasteiger partial charge is 0.138 e. The largest absolute Gasteiger partial charge is 0.494 e. The van der Waals surface area contributed by atoms with E-state index in [4.69, 9.17) is 16.3 Å². The maximum Gasteiger partial charge on any atom is 0.138 e. The highest BCUT2D eigenvalue weighted by Crippen LogP contribution is 2.24. The molecule has 0 spiro atoms. The van der Waals surface area contributed by atoms with Gasteiger partial charge < -0.3 is 9.72 Å². The fraction of sp³-hybridized carbons (Fsp3) is 0.235.